The minimum atomic E-state index is -1.01. The van der Waals surface area contributed by atoms with Gasteiger partial charge < -0.3 is 15.0 Å². The molecule has 0 aromatic carbocycles. The summed E-state index contributed by atoms with van der Waals surface area (Å²) in [7, 11) is 0. The van der Waals surface area contributed by atoms with E-state index in [1.165, 1.54) is 11.4 Å². The Morgan fingerprint density at radius 3 is 2.95 bits per heavy atom. The van der Waals surface area contributed by atoms with Gasteiger partial charge in [0, 0.05) is 23.8 Å². The van der Waals surface area contributed by atoms with Crippen molar-refractivity contribution in [2.24, 2.45) is 0 Å². The second-order valence-electron chi connectivity index (χ2n) is 5.09. The number of thiophene rings is 1. The van der Waals surface area contributed by atoms with Crippen molar-refractivity contribution in [3.8, 4) is 0 Å². The summed E-state index contributed by atoms with van der Waals surface area (Å²) in [5, 5.41) is 13.4. The smallest absolute Gasteiger partial charge is 0.336 e. The first kappa shape index (κ1) is 13.8. The zero-order valence-electron chi connectivity index (χ0n) is 11.2. The van der Waals surface area contributed by atoms with Gasteiger partial charge in [0.15, 0.2) is 0 Å². The highest BCUT2D eigenvalue weighted by molar-refractivity contribution is 7.12. The van der Waals surface area contributed by atoms with Crippen LogP contribution in [0, 0.1) is 0 Å². The maximum absolute atomic E-state index is 12.2. The molecule has 0 spiro atoms. The van der Waals surface area contributed by atoms with Crippen LogP contribution in [0.2, 0.25) is 0 Å². The summed E-state index contributed by atoms with van der Waals surface area (Å²) < 4.78 is 2.02. The Labute approximate surface area is 125 Å². The topological polar surface area (TPSA) is 84.2 Å². The van der Waals surface area contributed by atoms with Gasteiger partial charge in [0.2, 0.25) is 0 Å². The lowest BCUT2D eigenvalue weighted by atomic mass is 10.1. The molecule has 0 saturated heterocycles. The normalized spacial score (nSPS) is 21.3. The van der Waals surface area contributed by atoms with E-state index in [0.717, 1.165) is 30.6 Å². The average Bonchev–Trinajstić information content (AvgIpc) is 3.19. The van der Waals surface area contributed by atoms with Crippen LogP contribution in [0.1, 0.15) is 45.3 Å². The van der Waals surface area contributed by atoms with E-state index in [1.807, 2.05) is 10.8 Å². The Bertz CT molecular complexity index is 650. The van der Waals surface area contributed by atoms with Crippen molar-refractivity contribution in [2.75, 3.05) is 0 Å². The molecule has 2 atom stereocenters. The number of nitrogens with one attached hydrogen (secondary N) is 1. The molecule has 0 radical (unpaired) electrons. The lowest BCUT2D eigenvalue weighted by molar-refractivity contribution is 0.0697. The number of carbonyl (C=O) groups excluding carboxylic acids is 1. The Morgan fingerprint density at radius 2 is 2.29 bits per heavy atom. The number of carbonyl (C=O) groups is 2. The molecule has 2 N–H and O–H groups in total. The maximum Gasteiger partial charge on any atom is 0.336 e. The molecule has 2 aromatic heterocycles. The second-order valence-corrected chi connectivity index (χ2v) is 6.00. The summed E-state index contributed by atoms with van der Waals surface area (Å²) in [4.78, 5) is 27.6. The van der Waals surface area contributed by atoms with E-state index in [4.69, 9.17) is 5.11 Å². The quantitative estimate of drug-likeness (QED) is 0.906. The second kappa shape index (κ2) is 5.69. The molecular weight excluding hydrogens is 290 g/mol. The molecule has 6 nitrogen and oxygen atoms in total. The molecule has 21 heavy (non-hydrogen) atoms. The Balaban J connectivity index is 1.70. The number of aromatic nitrogens is 2. The van der Waals surface area contributed by atoms with E-state index in [1.54, 1.807) is 12.5 Å². The fraction of sp³-hybridized carbons (Fsp3) is 0.357. The van der Waals surface area contributed by atoms with Gasteiger partial charge in [0.1, 0.15) is 0 Å². The molecule has 3 rings (SSSR count). The molecular formula is C14H15N3O3S. The molecule has 1 aliphatic carbocycles. The highest BCUT2D eigenvalue weighted by atomic mass is 32.1. The van der Waals surface area contributed by atoms with Gasteiger partial charge in [-0.15, -0.1) is 11.3 Å². The van der Waals surface area contributed by atoms with Crippen molar-refractivity contribution in [1.82, 2.24) is 14.9 Å². The van der Waals surface area contributed by atoms with Crippen LogP contribution in [-0.4, -0.2) is 32.6 Å². The van der Waals surface area contributed by atoms with Crippen LogP contribution in [0.15, 0.2) is 30.2 Å². The first-order chi connectivity index (χ1) is 10.1. The zero-order chi connectivity index (χ0) is 14.8. The van der Waals surface area contributed by atoms with Gasteiger partial charge in [-0.3, -0.25) is 4.79 Å². The number of amides is 1. The van der Waals surface area contributed by atoms with Crippen LogP contribution in [0.3, 0.4) is 0 Å². The fourth-order valence-electron chi connectivity index (χ4n) is 2.74. The lowest BCUT2D eigenvalue weighted by Gasteiger charge is -2.21. The van der Waals surface area contributed by atoms with Crippen LogP contribution in [0.4, 0.5) is 0 Å². The number of imidazole rings is 1. The molecule has 2 aromatic rings. The van der Waals surface area contributed by atoms with Crippen molar-refractivity contribution in [3.63, 3.8) is 0 Å². The van der Waals surface area contributed by atoms with E-state index in [2.05, 4.69) is 10.3 Å². The average molecular weight is 305 g/mol. The van der Waals surface area contributed by atoms with Gasteiger partial charge in [-0.2, -0.15) is 0 Å². The number of nitrogens with zero attached hydrogens (tertiary/aromatic N) is 2. The molecule has 0 bridgehead atoms. The number of carboxylic acids is 1. The van der Waals surface area contributed by atoms with Crippen LogP contribution in [-0.2, 0) is 0 Å². The highest BCUT2D eigenvalue weighted by Crippen LogP contribution is 2.30. The van der Waals surface area contributed by atoms with Gasteiger partial charge in [0.25, 0.3) is 5.91 Å². The molecule has 1 amide bonds. The molecule has 0 aliphatic heterocycles. The largest absolute Gasteiger partial charge is 0.478 e. The molecule has 2 heterocycles. The van der Waals surface area contributed by atoms with E-state index < -0.39 is 5.97 Å². The maximum atomic E-state index is 12.2. The van der Waals surface area contributed by atoms with E-state index >= 15 is 0 Å². The predicted molar refractivity (Wildman–Crippen MR) is 77.6 cm³/mol. The summed E-state index contributed by atoms with van der Waals surface area (Å²) in [6.07, 6.45) is 8.39. The summed E-state index contributed by atoms with van der Waals surface area (Å²) in [5.41, 5.74) is 0.155. The van der Waals surface area contributed by atoms with Crippen molar-refractivity contribution < 1.29 is 14.7 Å². The Hall–Kier alpha value is -2.15. The zero-order valence-corrected chi connectivity index (χ0v) is 12.0. The van der Waals surface area contributed by atoms with E-state index in [-0.39, 0.29) is 23.6 Å². The third-order valence-electron chi connectivity index (χ3n) is 3.77. The summed E-state index contributed by atoms with van der Waals surface area (Å²) in [6, 6.07) is 1.70. The number of hydrogen-bond donors (Lipinski definition) is 2. The molecule has 110 valence electrons. The minimum Gasteiger partial charge on any atom is -0.478 e. The predicted octanol–water partition coefficient (Wildman–Crippen LogP) is 2.17. The van der Waals surface area contributed by atoms with Crippen LogP contribution < -0.4 is 5.32 Å². The number of aromatic carboxylic acids is 1. The van der Waals surface area contributed by atoms with Gasteiger partial charge >= 0.3 is 5.97 Å². The molecule has 1 fully saturated rings. The van der Waals surface area contributed by atoms with Crippen LogP contribution >= 0.6 is 11.3 Å². The SMILES string of the molecule is O=C(O)c1csc(C(=O)N[C@@H]2CCC[C@@H]2n2ccnc2)c1. The summed E-state index contributed by atoms with van der Waals surface area (Å²) in [5.74, 6) is -1.22. The third kappa shape index (κ3) is 2.82. The molecule has 1 aliphatic rings. The summed E-state index contributed by atoms with van der Waals surface area (Å²) >= 11 is 1.16. The van der Waals surface area contributed by atoms with Gasteiger partial charge in [-0.1, -0.05) is 0 Å². The van der Waals surface area contributed by atoms with Crippen LogP contribution in [0.25, 0.3) is 0 Å². The molecule has 1 saturated carbocycles. The number of carboxylic acid groups (broad SMARTS) is 1. The summed E-state index contributed by atoms with van der Waals surface area (Å²) in [6.45, 7) is 0. The molecule has 7 heteroatoms. The van der Waals surface area contributed by atoms with Crippen molar-refractivity contribution in [2.45, 2.75) is 31.3 Å². The van der Waals surface area contributed by atoms with Gasteiger partial charge in [0.05, 0.1) is 22.8 Å². The highest BCUT2D eigenvalue weighted by Gasteiger charge is 2.30. The number of hydrogen-bond acceptors (Lipinski definition) is 4. The van der Waals surface area contributed by atoms with Crippen LogP contribution in [0.5, 0.6) is 0 Å². The van der Waals surface area contributed by atoms with Gasteiger partial charge in [-0.05, 0) is 25.3 Å². The first-order valence-corrected chi connectivity index (χ1v) is 7.63. The third-order valence-corrected chi connectivity index (χ3v) is 4.70. The van der Waals surface area contributed by atoms with Crippen molar-refractivity contribution >= 4 is 23.2 Å². The minimum absolute atomic E-state index is 0.0575. The van der Waals surface area contributed by atoms with Crippen molar-refractivity contribution in [3.05, 3.63) is 40.6 Å². The monoisotopic (exact) mass is 305 g/mol. The Morgan fingerprint density at radius 1 is 1.43 bits per heavy atom. The standard InChI is InChI=1S/C14H15N3O3S/c18-13(12-6-9(7-21-12)14(19)20)16-10-2-1-3-11(10)17-5-4-15-8-17/h4-8,10-11H,1-3H2,(H,16,18)(H,19,20)/t10-,11+/m1/s1. The van der Waals surface area contributed by atoms with Crippen molar-refractivity contribution in [1.29, 1.82) is 0 Å². The fourth-order valence-corrected chi connectivity index (χ4v) is 3.52. The number of rotatable bonds is 4. The first-order valence-electron chi connectivity index (χ1n) is 6.75. The van der Waals surface area contributed by atoms with Gasteiger partial charge in [-0.25, -0.2) is 9.78 Å². The van der Waals surface area contributed by atoms with E-state index in [0.29, 0.717) is 4.88 Å². The Kier molecular flexibility index (Phi) is 3.74. The van der Waals surface area contributed by atoms with E-state index in [9.17, 15) is 9.59 Å². The lowest BCUT2D eigenvalue weighted by Crippen LogP contribution is -2.37. The molecule has 0 unspecified atom stereocenters.